The van der Waals surface area contributed by atoms with E-state index in [1.54, 1.807) is 0 Å². The van der Waals surface area contributed by atoms with Gasteiger partial charge in [0.25, 0.3) is 0 Å². The SMILES string of the molecule is c1ccc(-c2nc(-c3cc(-c4ccncc4)cc(-c4ccncc4)c3)nc(-c3ccc4c(c3)C(c3ccccc3)(c3ccccc3)c3ccccc3-4)n2)cc1. The molecule has 1 aliphatic rings. The van der Waals surface area contributed by atoms with E-state index in [0.717, 1.165) is 38.9 Å². The molecule has 9 aromatic rings. The Bertz CT molecular complexity index is 2690. The van der Waals surface area contributed by atoms with Gasteiger partial charge in [-0.1, -0.05) is 127 Å². The molecule has 3 heterocycles. The van der Waals surface area contributed by atoms with E-state index in [1.165, 1.54) is 33.4 Å². The van der Waals surface area contributed by atoms with Crippen LogP contribution >= 0.6 is 0 Å². The molecule has 0 bridgehead atoms. The summed E-state index contributed by atoms with van der Waals surface area (Å²) in [7, 11) is 0. The molecule has 0 N–H and O–H groups in total. The molecule has 5 heteroatoms. The van der Waals surface area contributed by atoms with Crippen molar-refractivity contribution in [3.8, 4) is 67.5 Å². The molecule has 0 atom stereocenters. The van der Waals surface area contributed by atoms with Crippen LogP contribution in [0.2, 0.25) is 0 Å². The Hall–Kier alpha value is -7.37. The molecule has 1 aliphatic carbocycles. The Morgan fingerprint density at radius 2 is 0.745 bits per heavy atom. The average molecular weight is 704 g/mol. The molecule has 258 valence electrons. The number of benzene rings is 6. The van der Waals surface area contributed by atoms with Gasteiger partial charge in [-0.25, -0.2) is 15.0 Å². The van der Waals surface area contributed by atoms with E-state index < -0.39 is 5.41 Å². The van der Waals surface area contributed by atoms with Crippen molar-refractivity contribution in [2.75, 3.05) is 0 Å². The van der Waals surface area contributed by atoms with Crippen LogP contribution in [0.25, 0.3) is 67.5 Å². The lowest BCUT2D eigenvalue weighted by Crippen LogP contribution is -2.28. The fourth-order valence-corrected chi connectivity index (χ4v) is 8.11. The number of hydrogen-bond acceptors (Lipinski definition) is 5. The zero-order valence-electron chi connectivity index (χ0n) is 29.8. The lowest BCUT2D eigenvalue weighted by atomic mass is 9.67. The second-order valence-corrected chi connectivity index (χ2v) is 13.7. The molecule has 0 fully saturated rings. The monoisotopic (exact) mass is 703 g/mol. The van der Waals surface area contributed by atoms with Crippen LogP contribution in [0.15, 0.2) is 201 Å². The van der Waals surface area contributed by atoms with Gasteiger partial charge in [0.1, 0.15) is 0 Å². The standard InChI is InChI=1S/C50H33N5/c1-4-12-36(13-5-1)47-53-48(55-49(54-47)40-31-38(34-22-26-51-27-23-34)30-39(32-40)35-24-28-52-29-25-35)37-20-21-44-43-18-10-11-19-45(43)50(46(44)33-37,41-14-6-2-7-15-41)42-16-8-3-9-17-42/h1-33H. The maximum Gasteiger partial charge on any atom is 0.164 e. The zero-order valence-corrected chi connectivity index (χ0v) is 29.8. The normalized spacial score (nSPS) is 12.5. The van der Waals surface area contributed by atoms with Gasteiger partial charge in [-0.3, -0.25) is 9.97 Å². The summed E-state index contributed by atoms with van der Waals surface area (Å²) in [5.74, 6) is 1.81. The molecule has 6 aromatic carbocycles. The Balaban J connectivity index is 1.22. The van der Waals surface area contributed by atoms with Crippen molar-refractivity contribution in [2.45, 2.75) is 5.41 Å². The van der Waals surface area contributed by atoms with Crippen LogP contribution in [0.3, 0.4) is 0 Å². The number of nitrogens with zero attached hydrogens (tertiary/aromatic N) is 5. The molecule has 3 aromatic heterocycles. The van der Waals surface area contributed by atoms with Crippen LogP contribution in [-0.4, -0.2) is 24.9 Å². The van der Waals surface area contributed by atoms with Gasteiger partial charge in [0.2, 0.25) is 0 Å². The number of rotatable bonds is 7. The lowest BCUT2D eigenvalue weighted by Gasteiger charge is -2.34. The smallest absolute Gasteiger partial charge is 0.164 e. The van der Waals surface area contributed by atoms with Gasteiger partial charge >= 0.3 is 0 Å². The van der Waals surface area contributed by atoms with Crippen LogP contribution in [0.1, 0.15) is 22.3 Å². The largest absolute Gasteiger partial charge is 0.265 e. The molecule has 10 rings (SSSR count). The Labute approximate surface area is 319 Å². The molecule has 0 aliphatic heterocycles. The van der Waals surface area contributed by atoms with Crippen molar-refractivity contribution in [1.82, 2.24) is 24.9 Å². The van der Waals surface area contributed by atoms with Gasteiger partial charge < -0.3 is 0 Å². The summed E-state index contributed by atoms with van der Waals surface area (Å²) in [6.45, 7) is 0. The van der Waals surface area contributed by atoms with E-state index >= 15 is 0 Å². The quantitative estimate of drug-likeness (QED) is 0.165. The maximum atomic E-state index is 5.29. The first-order valence-electron chi connectivity index (χ1n) is 18.4. The van der Waals surface area contributed by atoms with Crippen LogP contribution in [-0.2, 0) is 5.41 Å². The summed E-state index contributed by atoms with van der Waals surface area (Å²) in [5, 5.41) is 0. The van der Waals surface area contributed by atoms with Crippen LogP contribution in [0.4, 0.5) is 0 Å². The van der Waals surface area contributed by atoms with Gasteiger partial charge in [0.15, 0.2) is 17.5 Å². The Morgan fingerprint density at radius 3 is 1.33 bits per heavy atom. The summed E-state index contributed by atoms with van der Waals surface area (Å²) in [4.78, 5) is 24.2. The van der Waals surface area contributed by atoms with Gasteiger partial charge in [-0.05, 0) is 104 Å². The first-order chi connectivity index (χ1) is 27.3. The summed E-state index contributed by atoms with van der Waals surface area (Å²) in [6.07, 6.45) is 7.28. The lowest BCUT2D eigenvalue weighted by molar-refractivity contribution is 0.768. The van der Waals surface area contributed by atoms with Crippen molar-refractivity contribution >= 4 is 0 Å². The molecular formula is C50H33N5. The van der Waals surface area contributed by atoms with E-state index in [-0.39, 0.29) is 0 Å². The third kappa shape index (κ3) is 5.61. The van der Waals surface area contributed by atoms with Crippen LogP contribution in [0.5, 0.6) is 0 Å². The van der Waals surface area contributed by atoms with Gasteiger partial charge in [0, 0.05) is 41.5 Å². The minimum Gasteiger partial charge on any atom is -0.265 e. The van der Waals surface area contributed by atoms with Crippen molar-refractivity contribution in [3.63, 3.8) is 0 Å². The molecule has 5 nitrogen and oxygen atoms in total. The van der Waals surface area contributed by atoms with Crippen molar-refractivity contribution in [2.24, 2.45) is 0 Å². The molecule has 0 radical (unpaired) electrons. The van der Waals surface area contributed by atoms with Gasteiger partial charge in [0.05, 0.1) is 5.41 Å². The zero-order chi connectivity index (χ0) is 36.6. The second kappa shape index (κ2) is 13.6. The molecule has 0 saturated carbocycles. The average Bonchev–Trinajstić information content (AvgIpc) is 3.58. The van der Waals surface area contributed by atoms with Crippen LogP contribution < -0.4 is 0 Å². The highest BCUT2D eigenvalue weighted by molar-refractivity contribution is 5.88. The fourth-order valence-electron chi connectivity index (χ4n) is 8.11. The minimum absolute atomic E-state index is 0.541. The van der Waals surface area contributed by atoms with E-state index in [0.29, 0.717) is 17.5 Å². The van der Waals surface area contributed by atoms with E-state index in [2.05, 4.69) is 131 Å². The highest BCUT2D eigenvalue weighted by atomic mass is 15.0. The van der Waals surface area contributed by atoms with Crippen LogP contribution in [0, 0.1) is 0 Å². The molecule has 0 spiro atoms. The van der Waals surface area contributed by atoms with Gasteiger partial charge in [-0.2, -0.15) is 0 Å². The molecule has 55 heavy (non-hydrogen) atoms. The van der Waals surface area contributed by atoms with E-state index in [9.17, 15) is 0 Å². The van der Waals surface area contributed by atoms with E-state index in [4.69, 9.17) is 15.0 Å². The summed E-state index contributed by atoms with van der Waals surface area (Å²) >= 11 is 0. The molecule has 0 unspecified atom stereocenters. The first-order valence-corrected chi connectivity index (χ1v) is 18.4. The molecule has 0 amide bonds. The molecular weight excluding hydrogens is 671 g/mol. The number of fused-ring (bicyclic) bond motifs is 3. The van der Waals surface area contributed by atoms with Gasteiger partial charge in [-0.15, -0.1) is 0 Å². The maximum absolute atomic E-state index is 5.29. The summed E-state index contributed by atoms with van der Waals surface area (Å²) in [5.41, 5.74) is 13.7. The Morgan fingerprint density at radius 1 is 0.291 bits per heavy atom. The number of hydrogen-bond donors (Lipinski definition) is 0. The fraction of sp³-hybridized carbons (Fsp3) is 0.0200. The van der Waals surface area contributed by atoms with Crippen molar-refractivity contribution < 1.29 is 0 Å². The summed E-state index contributed by atoms with van der Waals surface area (Å²) < 4.78 is 0. The number of aromatic nitrogens is 5. The third-order valence-electron chi connectivity index (χ3n) is 10.6. The first kappa shape index (κ1) is 32.3. The highest BCUT2D eigenvalue weighted by Gasteiger charge is 2.46. The minimum atomic E-state index is -0.541. The predicted molar refractivity (Wildman–Crippen MR) is 220 cm³/mol. The number of pyridine rings is 2. The van der Waals surface area contributed by atoms with E-state index in [1.807, 2.05) is 79.4 Å². The third-order valence-corrected chi connectivity index (χ3v) is 10.6. The highest BCUT2D eigenvalue weighted by Crippen LogP contribution is 2.56. The van der Waals surface area contributed by atoms with Crippen molar-refractivity contribution in [3.05, 3.63) is 223 Å². The summed E-state index contributed by atoms with van der Waals surface area (Å²) in [6, 6.07) is 62.0. The predicted octanol–water partition coefficient (Wildman–Crippen LogP) is 11.4. The Kier molecular flexibility index (Phi) is 7.96. The topological polar surface area (TPSA) is 64.5 Å². The second-order valence-electron chi connectivity index (χ2n) is 13.7. The molecule has 0 saturated heterocycles. The van der Waals surface area contributed by atoms with Crippen molar-refractivity contribution in [1.29, 1.82) is 0 Å².